The molecule has 4 unspecified atom stereocenters. The Balaban J connectivity index is 2.36. The van der Waals surface area contributed by atoms with Crippen molar-refractivity contribution in [3.05, 3.63) is 69.8 Å². The smallest absolute Gasteiger partial charge is 0.198 e. The van der Waals surface area contributed by atoms with Crippen LogP contribution in [0.1, 0.15) is 156 Å². The van der Waals surface area contributed by atoms with Crippen LogP contribution in [0.2, 0.25) is 0 Å². The molecule has 240 valence electrons. The highest BCUT2D eigenvalue weighted by atomic mass is 127. The van der Waals surface area contributed by atoms with E-state index in [9.17, 15) is 0 Å². The maximum Gasteiger partial charge on any atom is 0.287 e. The fraction of sp³-hybridized carbons (Fsp3) is 0.684. The normalized spacial score (nSPS) is 28.0. The molecule has 2 aliphatic carbocycles. The molecule has 2 fully saturated rings. The van der Waals surface area contributed by atoms with Crippen molar-refractivity contribution in [2.75, 3.05) is 0 Å². The van der Waals surface area contributed by atoms with Crippen molar-refractivity contribution >= 4 is 33.1 Å². The summed E-state index contributed by atoms with van der Waals surface area (Å²) >= 11 is 1.66. The molecule has 43 heavy (non-hydrogen) atoms. The minimum Gasteiger partial charge on any atom is -0.198 e. The van der Waals surface area contributed by atoms with Crippen molar-refractivity contribution in [1.29, 1.82) is 0 Å². The first-order chi connectivity index (χ1) is 19.2. The van der Waals surface area contributed by atoms with Gasteiger partial charge < -0.3 is 0 Å². The number of fused-ring (bicyclic) bond motifs is 2. The van der Waals surface area contributed by atoms with Gasteiger partial charge in [0.2, 0.25) is 0 Å². The van der Waals surface area contributed by atoms with E-state index < -0.39 is 20.3 Å². The van der Waals surface area contributed by atoms with Crippen molar-refractivity contribution in [3.8, 4) is 0 Å². The largest absolute Gasteiger partial charge is 0.287 e. The molecule has 0 aromatic heterocycles. The summed E-state index contributed by atoms with van der Waals surface area (Å²) in [6, 6.07) is 13.1. The fourth-order valence-corrected chi connectivity index (χ4v) is 12.4. The van der Waals surface area contributed by atoms with Gasteiger partial charge in [-0.3, -0.25) is 0 Å². The summed E-state index contributed by atoms with van der Waals surface area (Å²) in [6.07, 6.45) is 1.84. The monoisotopic (exact) mass is 720 g/mol. The zero-order valence-electron chi connectivity index (χ0n) is 29.5. The highest BCUT2D eigenvalue weighted by Crippen LogP contribution is 2.80. The van der Waals surface area contributed by atoms with Gasteiger partial charge in [0.15, 0.2) is 0 Å². The van der Waals surface area contributed by atoms with Gasteiger partial charge in [-0.2, -0.15) is 10.9 Å². The lowest BCUT2D eigenvalue weighted by atomic mass is 9.58. The van der Waals surface area contributed by atoms with Crippen LogP contribution >= 0.6 is 23.0 Å². The summed E-state index contributed by atoms with van der Waals surface area (Å²) in [7, 11) is -4.14. The molecule has 2 aromatic rings. The van der Waals surface area contributed by atoms with Crippen molar-refractivity contribution in [3.63, 3.8) is 0 Å². The maximum atomic E-state index is 15.2. The van der Waals surface area contributed by atoms with E-state index >= 15 is 8.42 Å². The van der Waals surface area contributed by atoms with E-state index in [4.69, 9.17) is 2.51 Å². The van der Waals surface area contributed by atoms with E-state index in [1.54, 1.807) is 23.0 Å². The summed E-state index contributed by atoms with van der Waals surface area (Å²) in [5, 5.41) is 0. The van der Waals surface area contributed by atoms with E-state index in [-0.39, 0.29) is 38.9 Å². The molecule has 0 aliphatic heterocycles. The second-order valence-corrected chi connectivity index (χ2v) is 21.2. The molecule has 2 aliphatic rings. The Labute approximate surface area is 278 Å². The quantitative estimate of drug-likeness (QED) is 0.295. The molecule has 0 N–H and O–H groups in total. The Kier molecular flexibility index (Phi) is 8.36. The van der Waals surface area contributed by atoms with E-state index in [1.165, 1.54) is 22.3 Å². The third-order valence-corrected chi connectivity index (χ3v) is 14.8. The number of rotatable bonds is 4. The van der Waals surface area contributed by atoms with Gasteiger partial charge in [-0.15, -0.1) is 0 Å². The lowest BCUT2D eigenvalue weighted by Crippen LogP contribution is -2.54. The Morgan fingerprint density at radius 2 is 1.19 bits per heavy atom. The summed E-state index contributed by atoms with van der Waals surface area (Å²) in [4.78, 5) is 0. The first-order valence-electron chi connectivity index (χ1n) is 16.1. The predicted octanol–water partition coefficient (Wildman–Crippen LogP) is 11.0. The lowest BCUT2D eigenvalue weighted by molar-refractivity contribution is 0.110. The summed E-state index contributed by atoms with van der Waals surface area (Å²) < 4.78 is 35.0. The molecular formula is C38H57IO3S. The Hall–Kier alpha value is -0.920. The minimum absolute atomic E-state index is 0.0975. The number of benzene rings is 2. The van der Waals surface area contributed by atoms with Crippen molar-refractivity contribution in [2.24, 2.45) is 16.7 Å². The zero-order valence-corrected chi connectivity index (χ0v) is 32.5. The van der Waals surface area contributed by atoms with Crippen LogP contribution in [0.3, 0.4) is 0 Å². The van der Waals surface area contributed by atoms with E-state index in [0.29, 0.717) is 0 Å². The Morgan fingerprint density at radius 3 is 1.63 bits per heavy atom. The van der Waals surface area contributed by atoms with Gasteiger partial charge in [0.25, 0.3) is 10.1 Å². The molecule has 2 saturated carbocycles. The number of halogens is 1. The molecule has 5 heteroatoms. The van der Waals surface area contributed by atoms with Crippen LogP contribution in [0.4, 0.5) is 0 Å². The standard InChI is InChI=1S/C38H57IO3S/c1-32(2,3)25-19-16-18-24(29(25)34(7,8)9)30-27-22-23-37(15,36(27,13)14)38(30,43(40,41)42-39)28-21-17-20-26(33(4,5)6)31(28)35(10,11)12/h16-21,27,30H,22-23H2,1-15H3. The van der Waals surface area contributed by atoms with Gasteiger partial charge in [0, 0.05) is 5.92 Å². The summed E-state index contributed by atoms with van der Waals surface area (Å²) in [6.45, 7) is 34.0. The molecule has 0 radical (unpaired) electrons. The van der Waals surface area contributed by atoms with Gasteiger partial charge in [0.05, 0.1) is 0 Å². The molecular weight excluding hydrogens is 663 g/mol. The van der Waals surface area contributed by atoms with Crippen LogP contribution in [-0.4, -0.2) is 8.42 Å². The van der Waals surface area contributed by atoms with Gasteiger partial charge in [0.1, 0.15) is 27.8 Å². The average Bonchev–Trinajstić information content (AvgIpc) is 3.17. The topological polar surface area (TPSA) is 43.4 Å². The molecule has 3 nitrogen and oxygen atoms in total. The molecule has 4 atom stereocenters. The highest BCUT2D eigenvalue weighted by Gasteiger charge is 2.80. The summed E-state index contributed by atoms with van der Waals surface area (Å²) in [5.74, 6) is -0.102. The molecule has 0 amide bonds. The Bertz CT molecular complexity index is 1510. The number of hydrogen-bond acceptors (Lipinski definition) is 3. The Morgan fingerprint density at radius 1 is 0.721 bits per heavy atom. The van der Waals surface area contributed by atoms with E-state index in [0.717, 1.165) is 24.0 Å². The minimum atomic E-state index is -4.14. The number of hydrogen-bond donors (Lipinski definition) is 0. The molecule has 0 spiro atoms. The average molecular weight is 721 g/mol. The van der Waals surface area contributed by atoms with Crippen LogP contribution in [0.25, 0.3) is 0 Å². The van der Waals surface area contributed by atoms with Crippen LogP contribution in [0.5, 0.6) is 0 Å². The van der Waals surface area contributed by atoms with Gasteiger partial charge in [-0.25, -0.2) is 0 Å². The first kappa shape index (κ1) is 34.9. The lowest BCUT2D eigenvalue weighted by Gasteiger charge is -2.52. The van der Waals surface area contributed by atoms with Crippen LogP contribution in [0.15, 0.2) is 36.4 Å². The van der Waals surface area contributed by atoms with Crippen molar-refractivity contribution in [2.45, 2.75) is 149 Å². The third-order valence-electron chi connectivity index (χ3n) is 11.5. The van der Waals surface area contributed by atoms with E-state index in [2.05, 4.69) is 140 Å². The fourth-order valence-electron chi connectivity index (χ4n) is 9.51. The zero-order chi connectivity index (χ0) is 33.0. The van der Waals surface area contributed by atoms with E-state index in [1.807, 2.05) is 0 Å². The third kappa shape index (κ3) is 4.91. The van der Waals surface area contributed by atoms with Crippen LogP contribution in [-0.2, 0) is 39.0 Å². The van der Waals surface area contributed by atoms with Crippen LogP contribution in [0, 0.1) is 16.7 Å². The molecule has 2 bridgehead atoms. The SMILES string of the molecule is CC(C)(C)c1cccc(C2C3CCC(C)(C3(C)C)C2(c2cccc(C(C)(C)C)c2C(C)(C)C)S(=O)(=O)OI)c1C(C)(C)C. The molecule has 0 heterocycles. The van der Waals surface area contributed by atoms with Gasteiger partial charge in [-0.1, -0.05) is 140 Å². The van der Waals surface area contributed by atoms with Gasteiger partial charge >= 0.3 is 0 Å². The first-order valence-corrected chi connectivity index (χ1v) is 18.3. The second-order valence-electron chi connectivity index (χ2n) is 18.4. The predicted molar refractivity (Wildman–Crippen MR) is 191 cm³/mol. The van der Waals surface area contributed by atoms with Crippen molar-refractivity contribution in [1.82, 2.24) is 0 Å². The summed E-state index contributed by atoms with van der Waals surface area (Å²) in [5.41, 5.74) is 5.51. The highest BCUT2D eigenvalue weighted by molar-refractivity contribution is 14.1. The van der Waals surface area contributed by atoms with Crippen LogP contribution < -0.4 is 0 Å². The molecule has 0 saturated heterocycles. The molecule has 4 rings (SSSR count). The van der Waals surface area contributed by atoms with Gasteiger partial charge in [-0.05, 0) is 84.6 Å². The molecule has 2 aromatic carbocycles. The van der Waals surface area contributed by atoms with Crippen molar-refractivity contribution < 1.29 is 10.9 Å². The second kappa shape index (κ2) is 10.3. The maximum absolute atomic E-state index is 15.2.